The van der Waals surface area contributed by atoms with Crippen molar-refractivity contribution in [3.63, 3.8) is 0 Å². The van der Waals surface area contributed by atoms with Crippen molar-refractivity contribution in [2.24, 2.45) is 0 Å². The van der Waals surface area contributed by atoms with E-state index in [4.69, 9.17) is 4.74 Å². The monoisotopic (exact) mass is 554 g/mol. The van der Waals surface area contributed by atoms with Crippen LogP contribution in [0.25, 0.3) is 0 Å². The standard InChI is InChI=1S/2C9H11.C7H7O.Bi/c2*1-7-4-8(2)6-9(3)5-7;1-8-7-5-3-2-4-6-7;/h2*4-5H,1-3H3;3-6H,1H3;. The molecule has 0 amide bonds. The maximum absolute atomic E-state index is 5.41. The Labute approximate surface area is 172 Å². The van der Waals surface area contributed by atoms with Crippen LogP contribution in [0, 0.1) is 41.5 Å². The molecule has 1 nitrogen and oxygen atoms in total. The Morgan fingerprint density at radius 2 is 0.963 bits per heavy atom. The first kappa shape index (κ1) is 20.1. The third-order valence-electron chi connectivity index (χ3n) is 5.05. The molecular weight excluding hydrogens is 525 g/mol. The van der Waals surface area contributed by atoms with E-state index in [2.05, 4.69) is 90.1 Å². The van der Waals surface area contributed by atoms with Gasteiger partial charge in [0.2, 0.25) is 0 Å². The van der Waals surface area contributed by atoms with Crippen LogP contribution in [0.1, 0.15) is 33.4 Å². The van der Waals surface area contributed by atoms with Gasteiger partial charge in [0.1, 0.15) is 0 Å². The van der Waals surface area contributed by atoms with Crippen molar-refractivity contribution in [3.05, 3.63) is 81.9 Å². The van der Waals surface area contributed by atoms with E-state index in [1.165, 1.54) is 36.7 Å². The van der Waals surface area contributed by atoms with E-state index in [1.54, 1.807) is 13.7 Å². The Morgan fingerprint density at radius 3 is 1.30 bits per heavy atom. The fourth-order valence-corrected chi connectivity index (χ4v) is 15.3. The summed E-state index contributed by atoms with van der Waals surface area (Å²) in [6.45, 7) is 13.6. The first-order valence-electron chi connectivity index (χ1n) is 9.41. The van der Waals surface area contributed by atoms with Gasteiger partial charge in [0.15, 0.2) is 0 Å². The number of methoxy groups -OCH3 is 1. The number of hydrogen-bond acceptors (Lipinski definition) is 1. The average Bonchev–Trinajstić information content (AvgIpc) is 2.59. The molecule has 0 saturated carbocycles. The molecule has 0 N–H and O–H groups in total. The molecule has 0 bridgehead atoms. The number of hydrogen-bond donors (Lipinski definition) is 0. The zero-order valence-corrected chi connectivity index (χ0v) is 21.0. The van der Waals surface area contributed by atoms with Crippen molar-refractivity contribution < 1.29 is 4.74 Å². The van der Waals surface area contributed by atoms with Crippen LogP contribution in [0.15, 0.2) is 48.5 Å². The predicted octanol–water partition coefficient (Wildman–Crippen LogP) is 4.06. The molecule has 2 heteroatoms. The summed E-state index contributed by atoms with van der Waals surface area (Å²) in [5, 5.41) is 0. The molecule has 140 valence electrons. The van der Waals surface area contributed by atoms with Gasteiger partial charge in [-0.05, 0) is 0 Å². The molecule has 0 aliphatic heterocycles. The second-order valence-corrected chi connectivity index (χ2v) is 15.6. The van der Waals surface area contributed by atoms with Crippen molar-refractivity contribution >= 4 is 31.6 Å². The summed E-state index contributed by atoms with van der Waals surface area (Å²) in [7, 11) is 1.73. The van der Waals surface area contributed by atoms with Crippen LogP contribution in [-0.2, 0) is 0 Å². The molecular formula is C25H29BiO. The maximum atomic E-state index is 5.41. The van der Waals surface area contributed by atoms with Gasteiger partial charge in [-0.15, -0.1) is 0 Å². The van der Waals surface area contributed by atoms with Gasteiger partial charge in [-0.2, -0.15) is 0 Å². The van der Waals surface area contributed by atoms with Gasteiger partial charge in [-0.3, -0.25) is 0 Å². The fourth-order valence-electron chi connectivity index (χ4n) is 4.15. The molecule has 0 heterocycles. The van der Waals surface area contributed by atoms with Gasteiger partial charge < -0.3 is 0 Å². The number of benzene rings is 3. The minimum absolute atomic E-state index is 0.928. The quantitative estimate of drug-likeness (QED) is 0.443. The van der Waals surface area contributed by atoms with E-state index in [0.717, 1.165) is 5.75 Å². The van der Waals surface area contributed by atoms with Crippen molar-refractivity contribution in [1.29, 1.82) is 0 Å². The zero-order valence-electron chi connectivity index (χ0n) is 17.5. The summed E-state index contributed by atoms with van der Waals surface area (Å²) >= 11 is -2.44. The molecule has 0 aliphatic rings. The van der Waals surface area contributed by atoms with Gasteiger partial charge in [0.25, 0.3) is 0 Å². The molecule has 0 spiro atoms. The van der Waals surface area contributed by atoms with Gasteiger partial charge in [-0.25, -0.2) is 0 Å². The first-order valence-corrected chi connectivity index (χ1v) is 14.6. The van der Waals surface area contributed by atoms with Crippen LogP contribution in [-0.4, -0.2) is 28.9 Å². The molecule has 0 radical (unpaired) electrons. The second kappa shape index (κ2) is 8.15. The number of rotatable bonds is 4. The normalized spacial score (nSPS) is 11.1. The molecule has 0 fully saturated rings. The molecule has 3 rings (SSSR count). The van der Waals surface area contributed by atoms with E-state index in [9.17, 15) is 0 Å². The third-order valence-corrected chi connectivity index (χ3v) is 17.2. The summed E-state index contributed by atoms with van der Waals surface area (Å²) in [6.07, 6.45) is 0. The van der Waals surface area contributed by atoms with E-state index in [1.807, 2.05) is 0 Å². The SMILES string of the molecule is COc1cc[c]([Bi]([c]2c(C)cc(C)cc2C)[c]2c(C)cc(C)cc2C)cc1. The average molecular weight is 554 g/mol. The van der Waals surface area contributed by atoms with Crippen LogP contribution in [0.5, 0.6) is 5.75 Å². The Hall–Kier alpha value is -1.66. The fraction of sp³-hybridized carbons (Fsp3) is 0.280. The zero-order chi connectivity index (χ0) is 19.7. The molecule has 0 aliphatic carbocycles. The van der Waals surface area contributed by atoms with Gasteiger partial charge in [-0.1, -0.05) is 0 Å². The van der Waals surface area contributed by atoms with Gasteiger partial charge in [0.05, 0.1) is 0 Å². The van der Waals surface area contributed by atoms with Crippen LogP contribution in [0.4, 0.5) is 0 Å². The van der Waals surface area contributed by atoms with Gasteiger partial charge in [0, 0.05) is 0 Å². The molecule has 3 aromatic rings. The Balaban J connectivity index is 2.31. The Kier molecular flexibility index (Phi) is 6.06. The van der Waals surface area contributed by atoms with Crippen molar-refractivity contribution in [2.45, 2.75) is 41.5 Å². The number of aryl methyl sites for hydroxylation is 6. The molecule has 0 saturated heterocycles. The summed E-state index contributed by atoms with van der Waals surface area (Å²) in [6, 6.07) is 18.3. The minimum atomic E-state index is -2.44. The number of ether oxygens (including phenoxy) is 1. The Morgan fingerprint density at radius 1 is 0.593 bits per heavy atom. The summed E-state index contributed by atoms with van der Waals surface area (Å²) in [4.78, 5) is 0. The molecule has 3 aromatic carbocycles. The van der Waals surface area contributed by atoms with Crippen LogP contribution < -0.4 is 14.6 Å². The van der Waals surface area contributed by atoms with Crippen molar-refractivity contribution in [2.75, 3.05) is 7.11 Å². The van der Waals surface area contributed by atoms with Crippen LogP contribution in [0.3, 0.4) is 0 Å². The Bertz CT molecular complexity index is 867. The van der Waals surface area contributed by atoms with Gasteiger partial charge >= 0.3 is 173 Å². The van der Waals surface area contributed by atoms with E-state index >= 15 is 0 Å². The molecule has 27 heavy (non-hydrogen) atoms. The molecule has 0 aromatic heterocycles. The van der Waals surface area contributed by atoms with Crippen molar-refractivity contribution in [3.8, 4) is 5.75 Å². The van der Waals surface area contributed by atoms with E-state index < -0.39 is 21.8 Å². The predicted molar refractivity (Wildman–Crippen MR) is 119 cm³/mol. The summed E-state index contributed by atoms with van der Waals surface area (Å²) in [5.74, 6) is 0.928. The topological polar surface area (TPSA) is 9.23 Å². The van der Waals surface area contributed by atoms with E-state index in [0.29, 0.717) is 0 Å². The van der Waals surface area contributed by atoms with E-state index in [-0.39, 0.29) is 0 Å². The summed E-state index contributed by atoms with van der Waals surface area (Å²) in [5.41, 5.74) is 8.48. The molecule has 0 atom stereocenters. The summed E-state index contributed by atoms with van der Waals surface area (Å²) < 4.78 is 10.2. The van der Waals surface area contributed by atoms with Crippen LogP contribution in [0.2, 0.25) is 0 Å². The first-order chi connectivity index (χ1) is 12.8. The third kappa shape index (κ3) is 4.12. The van der Waals surface area contributed by atoms with Crippen LogP contribution >= 0.6 is 0 Å². The van der Waals surface area contributed by atoms with Crippen molar-refractivity contribution in [1.82, 2.24) is 0 Å². The second-order valence-electron chi connectivity index (χ2n) is 7.53. The molecule has 0 unspecified atom stereocenters.